The molecule has 1 aromatic heterocycles. The molecule has 1 aliphatic rings. The molecule has 2 aromatic rings. The first-order valence-electron chi connectivity index (χ1n) is 8.11. The smallest absolute Gasteiger partial charge is 0.335 e. The number of carbonyl (C=O) groups is 1. The number of aromatic nitrogens is 2. The minimum atomic E-state index is -3.75. The van der Waals surface area contributed by atoms with Crippen LogP contribution in [0.1, 0.15) is 40.5 Å². The van der Waals surface area contributed by atoms with E-state index < -0.39 is 16.0 Å². The molecule has 9 heteroatoms. The summed E-state index contributed by atoms with van der Waals surface area (Å²) in [5.74, 6) is -0.404. The second-order valence-electron chi connectivity index (χ2n) is 6.17. The largest absolute Gasteiger partial charge is 0.478 e. The fraction of sp³-hybridized carbons (Fsp3) is 0.353. The quantitative estimate of drug-likeness (QED) is 0.854. The van der Waals surface area contributed by atoms with Crippen molar-refractivity contribution in [2.24, 2.45) is 0 Å². The average Bonchev–Trinajstić information content (AvgIpc) is 2.62. The van der Waals surface area contributed by atoms with Gasteiger partial charge in [0.05, 0.1) is 15.5 Å². The van der Waals surface area contributed by atoms with E-state index in [0.717, 1.165) is 0 Å². The third-order valence-corrected chi connectivity index (χ3v) is 6.83. The van der Waals surface area contributed by atoms with E-state index in [1.165, 1.54) is 41.8 Å². The fourth-order valence-corrected chi connectivity index (χ4v) is 4.97. The van der Waals surface area contributed by atoms with Crippen LogP contribution in [0.15, 0.2) is 35.5 Å². The second-order valence-corrected chi connectivity index (χ2v) is 8.51. The van der Waals surface area contributed by atoms with Gasteiger partial charge in [-0.15, -0.1) is 0 Å². The van der Waals surface area contributed by atoms with Gasteiger partial charge in [0, 0.05) is 31.4 Å². The summed E-state index contributed by atoms with van der Waals surface area (Å²) in [5.41, 5.74) is 0.249. The zero-order valence-electron chi connectivity index (χ0n) is 14.1. The molecule has 1 N–H and O–H groups in total. The van der Waals surface area contributed by atoms with Crippen LogP contribution in [0.3, 0.4) is 0 Å². The van der Waals surface area contributed by atoms with Gasteiger partial charge in [-0.2, -0.15) is 4.31 Å². The highest BCUT2D eigenvalue weighted by molar-refractivity contribution is 7.89. The van der Waals surface area contributed by atoms with Crippen molar-refractivity contribution in [3.05, 3.63) is 52.6 Å². The molecule has 1 aromatic carbocycles. The maximum absolute atomic E-state index is 13.0. The first-order valence-corrected chi connectivity index (χ1v) is 9.93. The lowest BCUT2D eigenvalue weighted by molar-refractivity contribution is 0.0696. The molecule has 7 nitrogen and oxygen atoms in total. The first kappa shape index (κ1) is 18.8. The molecule has 2 heterocycles. The van der Waals surface area contributed by atoms with E-state index in [1.807, 2.05) is 0 Å². The Kier molecular flexibility index (Phi) is 5.27. The Morgan fingerprint density at radius 1 is 1.23 bits per heavy atom. The zero-order chi connectivity index (χ0) is 18.9. The van der Waals surface area contributed by atoms with Gasteiger partial charge in [-0.05, 0) is 37.5 Å². The molecule has 0 aliphatic carbocycles. The van der Waals surface area contributed by atoms with Crippen molar-refractivity contribution < 1.29 is 18.3 Å². The summed E-state index contributed by atoms with van der Waals surface area (Å²) >= 11 is 5.80. The summed E-state index contributed by atoms with van der Waals surface area (Å²) in [4.78, 5) is 19.7. The van der Waals surface area contributed by atoms with Crippen molar-refractivity contribution in [3.8, 4) is 0 Å². The molecule has 26 heavy (non-hydrogen) atoms. The molecule has 3 rings (SSSR count). The molecule has 0 radical (unpaired) electrons. The van der Waals surface area contributed by atoms with Crippen LogP contribution in [-0.4, -0.2) is 46.9 Å². The number of rotatable bonds is 4. The predicted molar refractivity (Wildman–Crippen MR) is 95.9 cm³/mol. The third-order valence-electron chi connectivity index (χ3n) is 4.59. The Morgan fingerprint density at radius 3 is 2.42 bits per heavy atom. The molecular formula is C17H18ClN3O4S. The second kappa shape index (κ2) is 7.30. The van der Waals surface area contributed by atoms with Crippen molar-refractivity contribution in [1.29, 1.82) is 0 Å². The van der Waals surface area contributed by atoms with E-state index in [-0.39, 0.29) is 21.9 Å². The summed E-state index contributed by atoms with van der Waals surface area (Å²) in [6, 6.07) is 4.31. The minimum absolute atomic E-state index is 0.00414. The average molecular weight is 396 g/mol. The summed E-state index contributed by atoms with van der Waals surface area (Å²) in [5, 5.41) is 9.68. The topological polar surface area (TPSA) is 100 Å². The van der Waals surface area contributed by atoms with Crippen molar-refractivity contribution in [3.63, 3.8) is 0 Å². The maximum Gasteiger partial charge on any atom is 0.335 e. The van der Waals surface area contributed by atoms with Gasteiger partial charge in [0.1, 0.15) is 5.82 Å². The molecular weight excluding hydrogens is 378 g/mol. The van der Waals surface area contributed by atoms with Gasteiger partial charge >= 0.3 is 5.97 Å². The molecule has 0 bridgehead atoms. The van der Waals surface area contributed by atoms with Gasteiger partial charge in [-0.25, -0.2) is 23.2 Å². The minimum Gasteiger partial charge on any atom is -0.478 e. The maximum atomic E-state index is 13.0. The van der Waals surface area contributed by atoms with Gasteiger partial charge in [-0.3, -0.25) is 0 Å². The van der Waals surface area contributed by atoms with Gasteiger partial charge in [-0.1, -0.05) is 17.7 Å². The number of aromatic carboxylic acids is 1. The number of halogens is 1. The van der Waals surface area contributed by atoms with E-state index in [0.29, 0.717) is 36.8 Å². The van der Waals surface area contributed by atoms with Crippen molar-refractivity contribution in [2.45, 2.75) is 30.6 Å². The van der Waals surface area contributed by atoms with Crippen LogP contribution < -0.4 is 0 Å². The Labute approximate surface area is 156 Å². The van der Waals surface area contributed by atoms with Gasteiger partial charge in [0.15, 0.2) is 0 Å². The predicted octanol–water partition coefficient (Wildman–Crippen LogP) is 2.70. The number of sulfonamides is 1. The number of piperidine rings is 1. The molecule has 1 fully saturated rings. The first-order chi connectivity index (χ1) is 12.3. The van der Waals surface area contributed by atoms with Gasteiger partial charge < -0.3 is 5.11 Å². The number of nitrogens with zero attached hydrogens (tertiary/aromatic N) is 3. The lowest BCUT2D eigenvalue weighted by atomic mass is 9.97. The van der Waals surface area contributed by atoms with E-state index in [9.17, 15) is 18.3 Å². The Bertz CT molecular complexity index is 924. The molecule has 0 unspecified atom stereocenters. The van der Waals surface area contributed by atoms with Gasteiger partial charge in [0.2, 0.25) is 10.0 Å². The molecule has 0 atom stereocenters. The summed E-state index contributed by atoms with van der Waals surface area (Å²) in [7, 11) is -3.75. The van der Waals surface area contributed by atoms with Crippen molar-refractivity contribution >= 4 is 27.6 Å². The molecule has 0 spiro atoms. The van der Waals surface area contributed by atoms with Crippen LogP contribution in [0.5, 0.6) is 0 Å². The number of carboxylic acids is 1. The monoisotopic (exact) mass is 395 g/mol. The lowest BCUT2D eigenvalue weighted by Crippen LogP contribution is -2.38. The molecule has 1 saturated heterocycles. The summed E-state index contributed by atoms with van der Waals surface area (Å²) in [6.45, 7) is 2.18. The normalized spacial score (nSPS) is 16.5. The third kappa shape index (κ3) is 3.58. The van der Waals surface area contributed by atoms with E-state index in [2.05, 4.69) is 9.97 Å². The van der Waals surface area contributed by atoms with Crippen LogP contribution in [0, 0.1) is 6.92 Å². The Hall–Kier alpha value is -2.03. The molecule has 1 aliphatic heterocycles. The van der Waals surface area contributed by atoms with Crippen LogP contribution in [0.25, 0.3) is 0 Å². The van der Waals surface area contributed by atoms with E-state index >= 15 is 0 Å². The Morgan fingerprint density at radius 2 is 1.85 bits per heavy atom. The molecule has 0 saturated carbocycles. The van der Waals surface area contributed by atoms with Crippen LogP contribution >= 0.6 is 11.6 Å². The standard InChI is InChI=1S/C17H18ClN3O4S/c1-11-14(17(22)23)3-2-4-15(11)26(24,25)21-7-5-12(6-8-21)16-19-9-13(18)10-20-16/h2-4,9-10,12H,5-8H2,1H3,(H,22,23). The van der Waals surface area contributed by atoms with Crippen molar-refractivity contribution in [2.75, 3.05) is 13.1 Å². The summed E-state index contributed by atoms with van der Waals surface area (Å²) in [6.07, 6.45) is 4.26. The van der Waals surface area contributed by atoms with Crippen molar-refractivity contribution in [1.82, 2.24) is 14.3 Å². The number of hydrogen-bond donors (Lipinski definition) is 1. The van der Waals surface area contributed by atoms with Crippen LogP contribution in [0.4, 0.5) is 0 Å². The van der Waals surface area contributed by atoms with Crippen LogP contribution in [-0.2, 0) is 10.0 Å². The number of benzene rings is 1. The van der Waals surface area contributed by atoms with E-state index in [4.69, 9.17) is 11.6 Å². The van der Waals surface area contributed by atoms with E-state index in [1.54, 1.807) is 0 Å². The summed E-state index contributed by atoms with van der Waals surface area (Å²) < 4.78 is 27.3. The lowest BCUT2D eigenvalue weighted by Gasteiger charge is -2.31. The highest BCUT2D eigenvalue weighted by Gasteiger charge is 2.32. The van der Waals surface area contributed by atoms with Crippen LogP contribution in [0.2, 0.25) is 5.02 Å². The zero-order valence-corrected chi connectivity index (χ0v) is 15.7. The number of carboxylic acid groups (broad SMARTS) is 1. The molecule has 138 valence electrons. The number of hydrogen-bond acceptors (Lipinski definition) is 5. The molecule has 0 amide bonds. The highest BCUT2D eigenvalue weighted by Crippen LogP contribution is 2.30. The highest BCUT2D eigenvalue weighted by atomic mass is 35.5. The fourth-order valence-electron chi connectivity index (χ4n) is 3.15. The van der Waals surface area contributed by atoms with Gasteiger partial charge in [0.25, 0.3) is 0 Å². The SMILES string of the molecule is Cc1c(C(=O)O)cccc1S(=O)(=O)N1CCC(c2ncc(Cl)cn2)CC1. The Balaban J connectivity index is 1.79.